The van der Waals surface area contributed by atoms with Crippen LogP contribution in [0.15, 0.2) is 0 Å². The lowest BCUT2D eigenvalue weighted by Gasteiger charge is -2.21. The Morgan fingerprint density at radius 1 is 0.248 bits per heavy atom. The van der Waals surface area contributed by atoms with Gasteiger partial charge in [0, 0.05) is 25.7 Å². The zero-order valence-corrected chi connectivity index (χ0v) is 73.8. The van der Waals surface area contributed by atoms with Crippen molar-refractivity contribution in [3.8, 4) is 0 Å². The average Bonchev–Trinajstić information content (AvgIpc) is 0.898. The van der Waals surface area contributed by atoms with E-state index in [0.29, 0.717) is 25.7 Å². The molecule has 648 valence electrons. The highest BCUT2D eigenvalue weighted by molar-refractivity contribution is 7.47. The van der Waals surface area contributed by atoms with E-state index < -0.39 is 97.5 Å². The van der Waals surface area contributed by atoms with Crippen LogP contribution >= 0.6 is 15.6 Å². The molecule has 0 saturated heterocycles. The number of carbonyl (C=O) groups excluding carboxylic acids is 4. The number of phosphoric acid groups is 2. The van der Waals surface area contributed by atoms with Crippen molar-refractivity contribution in [1.29, 1.82) is 0 Å². The summed E-state index contributed by atoms with van der Waals surface area (Å²) in [6.45, 7) is 12.1. The molecule has 2 unspecified atom stereocenters. The molecule has 0 saturated carbocycles. The molecule has 0 spiro atoms. The fraction of sp³-hybridized carbons (Fsp3) is 0.956. The second kappa shape index (κ2) is 79.9. The van der Waals surface area contributed by atoms with Crippen LogP contribution in [0.25, 0.3) is 0 Å². The second-order valence-corrected chi connectivity index (χ2v) is 36.7. The third-order valence-corrected chi connectivity index (χ3v) is 23.0. The molecule has 0 rings (SSSR count). The van der Waals surface area contributed by atoms with Gasteiger partial charge >= 0.3 is 39.5 Å². The number of unbranched alkanes of at least 4 members (excludes halogenated alkanes) is 56. The van der Waals surface area contributed by atoms with Gasteiger partial charge in [-0.15, -0.1) is 0 Å². The molecular weight excluding hydrogens is 1410 g/mol. The maximum Gasteiger partial charge on any atom is 0.472 e. The Balaban J connectivity index is 5.26. The van der Waals surface area contributed by atoms with Gasteiger partial charge < -0.3 is 33.8 Å². The SMILES string of the molecule is CCCCCCCCCCCCCCCC(=O)OC[C@H](COP(=O)(O)OC[C@H](O)COP(=O)(O)OC[C@@H](COC(=O)CCCCCCCCCCCCCCCCCC(C)C)OC(=O)CCCCCCCCCCCCCCCCCCCCC(C)C)OC(=O)CCCCCCCCCCCCCCCCC(C)C. The first-order valence-electron chi connectivity index (χ1n) is 46.3. The third-order valence-electron chi connectivity index (χ3n) is 21.1. The predicted octanol–water partition coefficient (Wildman–Crippen LogP) is 27.6. The quantitative estimate of drug-likeness (QED) is 0.0222. The van der Waals surface area contributed by atoms with Crippen LogP contribution in [0, 0.1) is 17.8 Å². The van der Waals surface area contributed by atoms with Crippen LogP contribution in [0.1, 0.15) is 479 Å². The minimum atomic E-state index is -4.97. The number of esters is 4. The highest BCUT2D eigenvalue weighted by atomic mass is 31.2. The Morgan fingerprint density at radius 2 is 0.422 bits per heavy atom. The van der Waals surface area contributed by atoms with Gasteiger partial charge in [-0.3, -0.25) is 37.3 Å². The Labute approximate surface area is 670 Å². The number of aliphatic hydroxyl groups excluding tert-OH is 1. The van der Waals surface area contributed by atoms with Crippen LogP contribution in [0.3, 0.4) is 0 Å². The number of ether oxygens (including phenoxy) is 4. The maximum absolute atomic E-state index is 13.2. The number of hydrogen-bond acceptors (Lipinski definition) is 15. The van der Waals surface area contributed by atoms with Crippen molar-refractivity contribution >= 4 is 39.5 Å². The van der Waals surface area contributed by atoms with Crippen LogP contribution in [0.2, 0.25) is 0 Å². The summed E-state index contributed by atoms with van der Waals surface area (Å²) in [6, 6.07) is 0. The summed E-state index contributed by atoms with van der Waals surface area (Å²) in [6.07, 6.45) is 72.1. The lowest BCUT2D eigenvalue weighted by atomic mass is 10.0. The topological polar surface area (TPSA) is 237 Å². The van der Waals surface area contributed by atoms with Crippen molar-refractivity contribution in [2.24, 2.45) is 17.8 Å². The van der Waals surface area contributed by atoms with Crippen molar-refractivity contribution in [2.75, 3.05) is 39.6 Å². The van der Waals surface area contributed by atoms with Crippen molar-refractivity contribution in [2.45, 2.75) is 497 Å². The molecule has 0 aliphatic heterocycles. The molecule has 109 heavy (non-hydrogen) atoms. The summed E-state index contributed by atoms with van der Waals surface area (Å²) in [5.74, 6) is 0.325. The summed E-state index contributed by atoms with van der Waals surface area (Å²) >= 11 is 0. The standard InChI is InChI=1S/C90H176O17P2/c1-8-9-10-11-12-13-14-26-36-43-50-57-64-71-87(92)100-77-85(107-90(95)74-67-60-53-46-39-32-25-24-29-35-42-49-56-63-70-83(6)7)79-104-108(96,97)102-75-84(91)76-103-109(98,99)105-80-86(78-101-88(93)72-65-58-51-44-37-30-23-19-21-28-34-41-48-55-62-69-82(4)5)106-89(94)73-66-59-52-45-38-31-22-18-16-15-17-20-27-33-40-47-54-61-68-81(2)3/h81-86,91H,8-80H2,1-7H3,(H,96,97)(H,98,99)/t84-,85+,86+/m0/s1. The van der Waals surface area contributed by atoms with Crippen LogP contribution in [-0.2, 0) is 65.4 Å². The molecule has 0 aromatic rings. The Kier molecular flexibility index (Phi) is 78.5. The minimum absolute atomic E-state index is 0.108. The molecule has 0 aliphatic carbocycles. The van der Waals surface area contributed by atoms with Crippen molar-refractivity contribution in [3.63, 3.8) is 0 Å². The van der Waals surface area contributed by atoms with E-state index in [1.807, 2.05) is 0 Å². The van der Waals surface area contributed by atoms with Gasteiger partial charge in [0.15, 0.2) is 12.2 Å². The normalized spacial score (nSPS) is 13.8. The van der Waals surface area contributed by atoms with E-state index in [1.165, 1.54) is 289 Å². The van der Waals surface area contributed by atoms with Gasteiger partial charge in [-0.2, -0.15) is 0 Å². The lowest BCUT2D eigenvalue weighted by Crippen LogP contribution is -2.30. The molecule has 3 N–H and O–H groups in total. The molecule has 0 bridgehead atoms. The van der Waals surface area contributed by atoms with Gasteiger partial charge in [0.25, 0.3) is 0 Å². The monoisotopic (exact) mass is 1590 g/mol. The van der Waals surface area contributed by atoms with E-state index >= 15 is 0 Å². The average molecular weight is 1590 g/mol. The van der Waals surface area contributed by atoms with Gasteiger partial charge in [0.2, 0.25) is 0 Å². The molecule has 17 nitrogen and oxygen atoms in total. The van der Waals surface area contributed by atoms with Crippen LogP contribution < -0.4 is 0 Å². The molecular formula is C90H176O17P2. The lowest BCUT2D eigenvalue weighted by molar-refractivity contribution is -0.161. The summed E-state index contributed by atoms with van der Waals surface area (Å²) in [5, 5.41) is 10.7. The van der Waals surface area contributed by atoms with E-state index in [0.717, 1.165) is 108 Å². The van der Waals surface area contributed by atoms with E-state index in [-0.39, 0.29) is 25.7 Å². The molecule has 0 heterocycles. The molecule has 0 aromatic carbocycles. The molecule has 0 aliphatic rings. The van der Waals surface area contributed by atoms with Gasteiger partial charge in [-0.1, -0.05) is 427 Å². The Hall–Kier alpha value is -1.94. The van der Waals surface area contributed by atoms with Gasteiger partial charge in [-0.05, 0) is 43.4 Å². The second-order valence-electron chi connectivity index (χ2n) is 33.8. The first-order valence-corrected chi connectivity index (χ1v) is 49.3. The molecule has 0 amide bonds. The van der Waals surface area contributed by atoms with Gasteiger partial charge in [0.05, 0.1) is 26.4 Å². The highest BCUT2D eigenvalue weighted by Gasteiger charge is 2.31. The van der Waals surface area contributed by atoms with Crippen LogP contribution in [0.5, 0.6) is 0 Å². The first-order chi connectivity index (χ1) is 52.7. The number of carbonyl (C=O) groups is 4. The Bertz CT molecular complexity index is 2100. The summed E-state index contributed by atoms with van der Waals surface area (Å²) < 4.78 is 69.1. The summed E-state index contributed by atoms with van der Waals surface area (Å²) in [5.41, 5.74) is 0. The maximum atomic E-state index is 13.2. The molecule has 5 atom stereocenters. The molecule has 19 heteroatoms. The number of aliphatic hydroxyl groups is 1. The fourth-order valence-corrected chi connectivity index (χ4v) is 15.7. The van der Waals surface area contributed by atoms with Crippen molar-refractivity contribution in [3.05, 3.63) is 0 Å². The van der Waals surface area contributed by atoms with E-state index in [9.17, 15) is 43.2 Å². The zero-order chi connectivity index (χ0) is 80.0. The number of hydrogen-bond donors (Lipinski definition) is 3. The first kappa shape index (κ1) is 107. The molecule has 0 radical (unpaired) electrons. The van der Waals surface area contributed by atoms with Gasteiger partial charge in [-0.25, -0.2) is 9.13 Å². The van der Waals surface area contributed by atoms with Crippen LogP contribution in [0.4, 0.5) is 0 Å². The highest BCUT2D eigenvalue weighted by Crippen LogP contribution is 2.45. The van der Waals surface area contributed by atoms with Crippen molar-refractivity contribution < 1.29 is 80.2 Å². The smallest absolute Gasteiger partial charge is 0.462 e. The zero-order valence-electron chi connectivity index (χ0n) is 72.0. The van der Waals surface area contributed by atoms with E-state index in [4.69, 9.17) is 37.0 Å². The van der Waals surface area contributed by atoms with Gasteiger partial charge in [0.1, 0.15) is 19.3 Å². The van der Waals surface area contributed by atoms with E-state index in [1.54, 1.807) is 0 Å². The molecule has 0 fully saturated rings. The Morgan fingerprint density at radius 3 is 0.624 bits per heavy atom. The number of phosphoric ester groups is 2. The molecule has 0 aromatic heterocycles. The largest absolute Gasteiger partial charge is 0.472 e. The number of rotatable bonds is 88. The van der Waals surface area contributed by atoms with Crippen LogP contribution in [-0.4, -0.2) is 96.7 Å². The van der Waals surface area contributed by atoms with E-state index in [2.05, 4.69) is 48.5 Å². The minimum Gasteiger partial charge on any atom is -0.462 e. The van der Waals surface area contributed by atoms with Crippen molar-refractivity contribution in [1.82, 2.24) is 0 Å². The predicted molar refractivity (Wildman–Crippen MR) is 451 cm³/mol. The summed E-state index contributed by atoms with van der Waals surface area (Å²) in [7, 11) is -9.94. The third kappa shape index (κ3) is 83.8. The fourth-order valence-electron chi connectivity index (χ4n) is 14.1. The summed E-state index contributed by atoms with van der Waals surface area (Å²) in [4.78, 5) is 73.4.